The molecule has 0 radical (unpaired) electrons. The van der Waals surface area contributed by atoms with Gasteiger partial charge >= 0.3 is 0 Å². The highest BCUT2D eigenvalue weighted by Gasteiger charge is 2.24. The summed E-state index contributed by atoms with van der Waals surface area (Å²) in [4.78, 5) is 0. The maximum absolute atomic E-state index is 14.0. The van der Waals surface area contributed by atoms with E-state index in [9.17, 15) is 8.78 Å². The maximum Gasteiger partial charge on any atom is 0.144 e. The summed E-state index contributed by atoms with van der Waals surface area (Å²) in [5.41, 5.74) is 4.35. The first-order chi connectivity index (χ1) is 16.0. The molecule has 3 aromatic carbocycles. The van der Waals surface area contributed by atoms with Crippen molar-refractivity contribution in [1.29, 1.82) is 5.26 Å². The summed E-state index contributed by atoms with van der Waals surface area (Å²) in [6.45, 7) is 2.28. The minimum absolute atomic E-state index is 0.184. The monoisotopic (exact) mass is 443 g/mol. The fraction of sp³-hybridized carbons (Fsp3) is 0.367. The topological polar surface area (TPSA) is 23.8 Å². The minimum Gasteiger partial charge on any atom is -0.205 e. The first-order valence-electron chi connectivity index (χ1n) is 12.0. The van der Waals surface area contributed by atoms with Crippen LogP contribution in [0, 0.1) is 28.9 Å². The van der Waals surface area contributed by atoms with Gasteiger partial charge in [-0.25, -0.2) is 8.78 Å². The molecule has 1 aliphatic rings. The molecule has 1 saturated carbocycles. The van der Waals surface area contributed by atoms with Gasteiger partial charge < -0.3 is 0 Å². The van der Waals surface area contributed by atoms with E-state index in [4.69, 9.17) is 5.26 Å². The van der Waals surface area contributed by atoms with E-state index in [0.29, 0.717) is 17.4 Å². The minimum atomic E-state index is -0.740. The van der Waals surface area contributed by atoms with Crippen molar-refractivity contribution in [2.24, 2.45) is 5.92 Å². The standard InChI is InChI=1S/C30H31F2N/c1-21(25-5-3-2-4-6-25)17-24-11-9-22(10-12-24)7-8-23-13-15-26(16-14-23)27-18-29(31)28(20-33)30(32)19-27/h2-6,9-12,18-19,21,23,26H,7-8,13-17H2,1H3/t21-,23?,26?/m0/s1. The first-order valence-corrected chi connectivity index (χ1v) is 12.0. The molecule has 0 aliphatic heterocycles. The number of rotatable bonds is 7. The SMILES string of the molecule is C[C@@H](Cc1ccc(CCC2CCC(c3cc(F)c(C#N)c(F)c3)CC2)cc1)c1ccccc1. The summed E-state index contributed by atoms with van der Waals surface area (Å²) in [6, 6.07) is 24.0. The van der Waals surface area contributed by atoms with Crippen molar-refractivity contribution in [1.82, 2.24) is 0 Å². The Morgan fingerprint density at radius 1 is 0.879 bits per heavy atom. The Bertz CT molecular complexity index is 1070. The van der Waals surface area contributed by atoms with Crippen LogP contribution in [0.2, 0.25) is 0 Å². The zero-order chi connectivity index (χ0) is 23.2. The van der Waals surface area contributed by atoms with Crippen LogP contribution in [0.25, 0.3) is 0 Å². The second-order valence-corrected chi connectivity index (χ2v) is 9.56. The molecule has 0 N–H and O–H groups in total. The Hall–Kier alpha value is -2.99. The lowest BCUT2D eigenvalue weighted by Gasteiger charge is -2.29. The Morgan fingerprint density at radius 2 is 1.48 bits per heavy atom. The van der Waals surface area contributed by atoms with E-state index in [2.05, 4.69) is 61.5 Å². The summed E-state index contributed by atoms with van der Waals surface area (Å²) < 4.78 is 27.9. The van der Waals surface area contributed by atoms with Gasteiger partial charge in [-0.3, -0.25) is 0 Å². The van der Waals surface area contributed by atoms with Crippen molar-refractivity contribution in [2.75, 3.05) is 0 Å². The molecule has 0 bridgehead atoms. The fourth-order valence-electron chi connectivity index (χ4n) is 5.19. The van der Waals surface area contributed by atoms with Gasteiger partial charge in [-0.2, -0.15) is 5.26 Å². The molecule has 170 valence electrons. The van der Waals surface area contributed by atoms with E-state index in [1.54, 1.807) is 6.07 Å². The van der Waals surface area contributed by atoms with Crippen LogP contribution < -0.4 is 0 Å². The molecule has 3 aromatic rings. The maximum atomic E-state index is 14.0. The number of hydrogen-bond donors (Lipinski definition) is 0. The van der Waals surface area contributed by atoms with Gasteiger partial charge in [-0.1, -0.05) is 61.5 Å². The van der Waals surface area contributed by atoms with Gasteiger partial charge in [-0.15, -0.1) is 0 Å². The molecular weight excluding hydrogens is 412 g/mol. The third kappa shape index (κ3) is 5.88. The molecule has 1 atom stereocenters. The van der Waals surface area contributed by atoms with Crippen molar-refractivity contribution in [2.45, 2.75) is 63.7 Å². The van der Waals surface area contributed by atoms with Gasteiger partial charge in [0.2, 0.25) is 0 Å². The lowest BCUT2D eigenvalue weighted by molar-refractivity contribution is 0.309. The highest BCUT2D eigenvalue weighted by Crippen LogP contribution is 2.38. The molecule has 0 unspecified atom stereocenters. The molecule has 33 heavy (non-hydrogen) atoms. The van der Waals surface area contributed by atoms with Gasteiger partial charge in [0.1, 0.15) is 23.3 Å². The van der Waals surface area contributed by atoms with Crippen LogP contribution in [0.4, 0.5) is 8.78 Å². The van der Waals surface area contributed by atoms with Crippen molar-refractivity contribution >= 4 is 0 Å². The molecule has 4 rings (SSSR count). The van der Waals surface area contributed by atoms with Gasteiger partial charge in [0.05, 0.1) is 0 Å². The van der Waals surface area contributed by atoms with Crippen LogP contribution in [-0.4, -0.2) is 0 Å². The van der Waals surface area contributed by atoms with Crippen molar-refractivity contribution in [3.8, 4) is 6.07 Å². The third-order valence-electron chi connectivity index (χ3n) is 7.27. The quantitative estimate of drug-likeness (QED) is 0.362. The molecule has 0 amide bonds. The van der Waals surface area contributed by atoms with E-state index >= 15 is 0 Å². The van der Waals surface area contributed by atoms with Crippen molar-refractivity contribution < 1.29 is 8.78 Å². The molecule has 0 spiro atoms. The molecule has 0 heterocycles. The normalized spacial score (nSPS) is 19.1. The van der Waals surface area contributed by atoms with Crippen LogP contribution >= 0.6 is 0 Å². The Balaban J connectivity index is 1.25. The average Bonchev–Trinajstić information content (AvgIpc) is 2.84. The largest absolute Gasteiger partial charge is 0.205 e. The zero-order valence-electron chi connectivity index (χ0n) is 19.2. The molecule has 1 aliphatic carbocycles. The summed E-state index contributed by atoms with van der Waals surface area (Å²) in [5, 5.41) is 8.86. The van der Waals surface area contributed by atoms with E-state index in [1.165, 1.54) is 28.8 Å². The van der Waals surface area contributed by atoms with Crippen LogP contribution in [0.1, 0.15) is 78.7 Å². The zero-order valence-corrected chi connectivity index (χ0v) is 19.2. The molecule has 0 saturated heterocycles. The van der Waals surface area contributed by atoms with Crippen LogP contribution in [0.3, 0.4) is 0 Å². The summed E-state index contributed by atoms with van der Waals surface area (Å²) in [6.07, 6.45) is 7.34. The Morgan fingerprint density at radius 3 is 2.09 bits per heavy atom. The molecule has 1 nitrogen and oxygen atoms in total. The van der Waals surface area contributed by atoms with Gasteiger partial charge in [0.25, 0.3) is 0 Å². The summed E-state index contributed by atoms with van der Waals surface area (Å²) >= 11 is 0. The lowest BCUT2D eigenvalue weighted by Crippen LogP contribution is -2.14. The highest BCUT2D eigenvalue weighted by atomic mass is 19.1. The van der Waals surface area contributed by atoms with E-state index in [1.807, 2.05) is 0 Å². The van der Waals surface area contributed by atoms with E-state index in [0.717, 1.165) is 44.9 Å². The predicted molar refractivity (Wildman–Crippen MR) is 129 cm³/mol. The lowest BCUT2D eigenvalue weighted by atomic mass is 9.76. The van der Waals surface area contributed by atoms with E-state index in [-0.39, 0.29) is 5.92 Å². The number of hydrogen-bond acceptors (Lipinski definition) is 1. The average molecular weight is 444 g/mol. The molecule has 1 fully saturated rings. The van der Waals surface area contributed by atoms with Crippen LogP contribution in [-0.2, 0) is 12.8 Å². The molecule has 0 aromatic heterocycles. The summed E-state index contributed by atoms with van der Waals surface area (Å²) in [5.74, 6) is -0.131. The Labute approximate surface area is 196 Å². The summed E-state index contributed by atoms with van der Waals surface area (Å²) in [7, 11) is 0. The third-order valence-corrected chi connectivity index (χ3v) is 7.27. The van der Waals surface area contributed by atoms with Gasteiger partial charge in [-0.05, 0) is 97.1 Å². The fourth-order valence-corrected chi connectivity index (χ4v) is 5.19. The van der Waals surface area contributed by atoms with Crippen molar-refractivity contribution in [3.05, 3.63) is 106 Å². The van der Waals surface area contributed by atoms with Gasteiger partial charge in [0, 0.05) is 0 Å². The Kier molecular flexibility index (Phi) is 7.55. The number of aryl methyl sites for hydroxylation is 1. The molecule has 3 heteroatoms. The number of halogens is 2. The van der Waals surface area contributed by atoms with E-state index < -0.39 is 17.2 Å². The second-order valence-electron chi connectivity index (χ2n) is 9.56. The number of nitriles is 1. The van der Waals surface area contributed by atoms with Crippen LogP contribution in [0.5, 0.6) is 0 Å². The van der Waals surface area contributed by atoms with Crippen molar-refractivity contribution in [3.63, 3.8) is 0 Å². The number of benzene rings is 3. The molecular formula is C30H31F2N. The van der Waals surface area contributed by atoms with Crippen LogP contribution in [0.15, 0.2) is 66.7 Å². The van der Waals surface area contributed by atoms with Gasteiger partial charge in [0.15, 0.2) is 0 Å². The second kappa shape index (κ2) is 10.8. The number of nitrogens with zero attached hydrogens (tertiary/aromatic N) is 1. The predicted octanol–water partition coefficient (Wildman–Crippen LogP) is 8.09. The first kappa shape index (κ1) is 23.2. The highest BCUT2D eigenvalue weighted by molar-refractivity contribution is 5.36. The smallest absolute Gasteiger partial charge is 0.144 e.